The van der Waals surface area contributed by atoms with E-state index in [0.717, 1.165) is 5.69 Å². The number of halogens is 1. The predicted molar refractivity (Wildman–Crippen MR) is 88.3 cm³/mol. The number of aliphatic hydroxyl groups is 1. The summed E-state index contributed by atoms with van der Waals surface area (Å²) in [5, 5.41) is 12.9. The molecule has 0 aliphatic rings. The number of aliphatic hydroxyl groups excluding tert-OH is 1. The molecule has 0 saturated carbocycles. The number of hydrogen-bond acceptors (Lipinski definition) is 3. The van der Waals surface area contributed by atoms with Crippen molar-refractivity contribution in [2.45, 2.75) is 32.9 Å². The van der Waals surface area contributed by atoms with Gasteiger partial charge in [-0.15, -0.1) is 0 Å². The highest BCUT2D eigenvalue weighted by atomic mass is 35.5. The van der Waals surface area contributed by atoms with E-state index in [4.69, 9.17) is 11.6 Å². The van der Waals surface area contributed by atoms with Gasteiger partial charge in [0.1, 0.15) is 0 Å². The molecule has 1 unspecified atom stereocenters. The van der Waals surface area contributed by atoms with E-state index in [9.17, 15) is 9.90 Å². The Morgan fingerprint density at radius 2 is 1.95 bits per heavy atom. The van der Waals surface area contributed by atoms with Crippen molar-refractivity contribution in [1.29, 1.82) is 0 Å². The zero-order valence-electron chi connectivity index (χ0n) is 13.2. The molecule has 1 aromatic rings. The molecule has 0 fully saturated rings. The van der Waals surface area contributed by atoms with Crippen LogP contribution in [0.15, 0.2) is 18.2 Å². The number of amides is 2. The van der Waals surface area contributed by atoms with E-state index in [1.165, 1.54) is 0 Å². The summed E-state index contributed by atoms with van der Waals surface area (Å²) in [5.74, 6) is 0. The molecule has 118 valence electrons. The van der Waals surface area contributed by atoms with E-state index < -0.39 is 6.10 Å². The number of nitrogens with one attached hydrogen (secondary N) is 1. The van der Waals surface area contributed by atoms with Gasteiger partial charge in [-0.05, 0) is 39.0 Å². The smallest absolute Gasteiger partial charge is 0.322 e. The summed E-state index contributed by atoms with van der Waals surface area (Å²) in [5.41, 5.74) is 1.52. The topological polar surface area (TPSA) is 55.8 Å². The van der Waals surface area contributed by atoms with Crippen molar-refractivity contribution in [2.75, 3.05) is 30.9 Å². The maximum absolute atomic E-state index is 12.4. The fraction of sp³-hybridized carbons (Fsp3) is 0.533. The monoisotopic (exact) mass is 313 g/mol. The molecule has 0 bridgehead atoms. The van der Waals surface area contributed by atoms with Crippen LogP contribution in [0, 0.1) is 0 Å². The first-order valence-corrected chi connectivity index (χ1v) is 7.32. The highest BCUT2D eigenvalue weighted by molar-refractivity contribution is 6.31. The van der Waals surface area contributed by atoms with Gasteiger partial charge in [-0.2, -0.15) is 0 Å². The molecule has 0 aliphatic heterocycles. The lowest BCUT2D eigenvalue weighted by Gasteiger charge is -2.29. The Morgan fingerprint density at radius 3 is 2.43 bits per heavy atom. The van der Waals surface area contributed by atoms with Crippen molar-refractivity contribution in [3.63, 3.8) is 0 Å². The molecule has 21 heavy (non-hydrogen) atoms. The molecule has 2 N–H and O–H groups in total. The maximum atomic E-state index is 12.4. The molecular weight excluding hydrogens is 290 g/mol. The molecule has 5 nitrogen and oxygen atoms in total. The van der Waals surface area contributed by atoms with Crippen LogP contribution < -0.4 is 10.2 Å². The van der Waals surface area contributed by atoms with Crippen LogP contribution in [0.25, 0.3) is 0 Å². The first-order valence-electron chi connectivity index (χ1n) is 6.95. The SMILES string of the molecule is CC(O)CN(C(=O)Nc1cc(Cl)ccc1N(C)C)C(C)C. The number of carbonyl (C=O) groups is 1. The lowest BCUT2D eigenvalue weighted by atomic mass is 10.2. The van der Waals surface area contributed by atoms with Crippen molar-refractivity contribution < 1.29 is 9.90 Å². The number of urea groups is 1. The van der Waals surface area contributed by atoms with E-state index in [-0.39, 0.29) is 18.6 Å². The minimum atomic E-state index is -0.578. The van der Waals surface area contributed by atoms with Gasteiger partial charge in [-0.3, -0.25) is 0 Å². The molecule has 1 rings (SSSR count). The van der Waals surface area contributed by atoms with E-state index >= 15 is 0 Å². The average molecular weight is 314 g/mol. The Bertz CT molecular complexity index is 490. The standard InChI is InChI=1S/C15H24ClN3O2/c1-10(2)19(9-11(3)20)15(21)17-13-8-12(16)6-7-14(13)18(4)5/h6-8,10-11,20H,9H2,1-5H3,(H,17,21). The lowest BCUT2D eigenvalue weighted by Crippen LogP contribution is -2.44. The van der Waals surface area contributed by atoms with Gasteiger partial charge >= 0.3 is 6.03 Å². The Morgan fingerprint density at radius 1 is 1.33 bits per heavy atom. The second kappa shape index (κ2) is 7.52. The highest BCUT2D eigenvalue weighted by Crippen LogP contribution is 2.28. The Labute approximate surface area is 131 Å². The van der Waals surface area contributed by atoms with Gasteiger partial charge in [0.05, 0.1) is 17.5 Å². The van der Waals surface area contributed by atoms with Gasteiger partial charge in [0, 0.05) is 31.7 Å². The molecule has 1 atom stereocenters. The van der Waals surface area contributed by atoms with Crippen molar-refractivity contribution in [2.24, 2.45) is 0 Å². The molecule has 1 aromatic carbocycles. The zero-order chi connectivity index (χ0) is 16.2. The molecule has 0 radical (unpaired) electrons. The fourth-order valence-corrected chi connectivity index (χ4v) is 2.17. The normalized spacial score (nSPS) is 12.2. The second-order valence-electron chi connectivity index (χ2n) is 5.58. The predicted octanol–water partition coefficient (Wildman–Crippen LogP) is 3.03. The van der Waals surface area contributed by atoms with Crippen LogP contribution >= 0.6 is 11.6 Å². The molecule has 0 spiro atoms. The van der Waals surface area contributed by atoms with E-state index in [0.29, 0.717) is 10.7 Å². The fourth-order valence-electron chi connectivity index (χ4n) is 2.00. The van der Waals surface area contributed by atoms with E-state index in [2.05, 4.69) is 5.32 Å². The molecule has 0 aliphatic carbocycles. The largest absolute Gasteiger partial charge is 0.392 e. The van der Waals surface area contributed by atoms with Gasteiger partial charge in [-0.1, -0.05) is 11.6 Å². The molecular formula is C15H24ClN3O2. The highest BCUT2D eigenvalue weighted by Gasteiger charge is 2.20. The number of rotatable bonds is 5. The first-order chi connectivity index (χ1) is 9.72. The Balaban J connectivity index is 2.98. The second-order valence-corrected chi connectivity index (χ2v) is 6.02. The van der Waals surface area contributed by atoms with Crippen LogP contribution in [0.3, 0.4) is 0 Å². The van der Waals surface area contributed by atoms with Crippen LogP contribution in [0.4, 0.5) is 16.2 Å². The van der Waals surface area contributed by atoms with Gasteiger partial charge in [0.15, 0.2) is 0 Å². The third kappa shape index (κ3) is 5.10. The summed E-state index contributed by atoms with van der Waals surface area (Å²) in [6.07, 6.45) is -0.578. The van der Waals surface area contributed by atoms with Gasteiger partial charge in [-0.25, -0.2) is 4.79 Å². The number of carbonyl (C=O) groups excluding carboxylic acids is 1. The summed E-state index contributed by atoms with van der Waals surface area (Å²) in [6.45, 7) is 5.76. The van der Waals surface area contributed by atoms with Crippen LogP contribution in [-0.4, -0.2) is 48.8 Å². The average Bonchev–Trinajstić information content (AvgIpc) is 2.34. The summed E-state index contributed by atoms with van der Waals surface area (Å²) in [7, 11) is 3.80. The van der Waals surface area contributed by atoms with Crippen LogP contribution in [0.5, 0.6) is 0 Å². The van der Waals surface area contributed by atoms with Crippen LogP contribution in [-0.2, 0) is 0 Å². The zero-order valence-corrected chi connectivity index (χ0v) is 14.0. The summed E-state index contributed by atoms with van der Waals surface area (Å²) in [4.78, 5) is 15.9. The quantitative estimate of drug-likeness (QED) is 0.878. The van der Waals surface area contributed by atoms with Crippen molar-refractivity contribution in [3.05, 3.63) is 23.2 Å². The van der Waals surface area contributed by atoms with Gasteiger partial charge < -0.3 is 20.2 Å². The minimum Gasteiger partial charge on any atom is -0.392 e. The number of anilines is 2. The molecule has 0 heterocycles. The van der Waals surface area contributed by atoms with Crippen molar-refractivity contribution in [1.82, 2.24) is 4.90 Å². The Hall–Kier alpha value is -1.46. The maximum Gasteiger partial charge on any atom is 0.322 e. The molecule has 0 aromatic heterocycles. The number of hydrogen-bond donors (Lipinski definition) is 2. The van der Waals surface area contributed by atoms with Crippen LogP contribution in [0.1, 0.15) is 20.8 Å². The molecule has 0 saturated heterocycles. The van der Waals surface area contributed by atoms with Crippen molar-refractivity contribution >= 4 is 29.0 Å². The minimum absolute atomic E-state index is 0.0124. The third-order valence-corrected chi connectivity index (χ3v) is 3.26. The molecule has 6 heteroatoms. The Kier molecular flexibility index (Phi) is 6.30. The summed E-state index contributed by atoms with van der Waals surface area (Å²) >= 11 is 6.01. The number of benzene rings is 1. The van der Waals surface area contributed by atoms with Crippen molar-refractivity contribution in [3.8, 4) is 0 Å². The van der Waals surface area contributed by atoms with E-state index in [1.54, 1.807) is 24.0 Å². The number of nitrogens with zero attached hydrogens (tertiary/aromatic N) is 2. The van der Waals surface area contributed by atoms with Gasteiger partial charge in [0.2, 0.25) is 0 Å². The van der Waals surface area contributed by atoms with E-state index in [1.807, 2.05) is 38.9 Å². The summed E-state index contributed by atoms with van der Waals surface area (Å²) < 4.78 is 0. The molecule has 2 amide bonds. The lowest BCUT2D eigenvalue weighted by molar-refractivity contribution is 0.125. The summed E-state index contributed by atoms with van der Waals surface area (Å²) in [6, 6.07) is 5.09. The van der Waals surface area contributed by atoms with Crippen LogP contribution in [0.2, 0.25) is 5.02 Å². The van der Waals surface area contributed by atoms with Gasteiger partial charge in [0.25, 0.3) is 0 Å². The first kappa shape index (κ1) is 17.6. The third-order valence-electron chi connectivity index (χ3n) is 3.03.